The molecule has 2 aromatic heterocycles. The van der Waals surface area contributed by atoms with Crippen molar-refractivity contribution in [3.05, 3.63) is 63.3 Å². The smallest absolute Gasteiger partial charge is 0.268 e. The average Bonchev–Trinajstić information content (AvgIpc) is 2.88. The molecule has 3 rings (SSSR count). The molecule has 0 amide bonds. The molecule has 0 aliphatic carbocycles. The van der Waals surface area contributed by atoms with Crippen LogP contribution in [0.1, 0.15) is 16.2 Å². The van der Waals surface area contributed by atoms with Crippen molar-refractivity contribution in [3.63, 3.8) is 0 Å². The fraction of sp³-hybridized carbons (Fsp3) is 0.0714. The number of halogens is 1. The van der Waals surface area contributed by atoms with Crippen LogP contribution in [0.25, 0.3) is 10.2 Å². The first-order chi connectivity index (χ1) is 9.65. The van der Waals surface area contributed by atoms with Gasteiger partial charge in [0.15, 0.2) is 5.78 Å². The van der Waals surface area contributed by atoms with Gasteiger partial charge in [0.05, 0.1) is 17.5 Å². The number of benzene rings is 1. The maximum atomic E-state index is 13.5. The largest absolute Gasteiger partial charge is 0.309 e. The standard InChI is InChI=1S/C14H9FN2O2S/c15-9-4-2-1-3-8(9)11(18)7-12-16-10-5-6-20-13(10)14(19)17-12/h1-6H,7H2,(H,16,17,19). The van der Waals surface area contributed by atoms with E-state index >= 15 is 0 Å². The summed E-state index contributed by atoms with van der Waals surface area (Å²) in [6, 6.07) is 7.47. The van der Waals surface area contributed by atoms with E-state index in [1.54, 1.807) is 17.5 Å². The summed E-state index contributed by atoms with van der Waals surface area (Å²) >= 11 is 1.29. The van der Waals surface area contributed by atoms with Crippen LogP contribution in [0.3, 0.4) is 0 Å². The fourth-order valence-corrected chi connectivity index (χ4v) is 2.67. The van der Waals surface area contributed by atoms with Crippen molar-refractivity contribution in [3.8, 4) is 0 Å². The van der Waals surface area contributed by atoms with Crippen molar-refractivity contribution in [1.29, 1.82) is 0 Å². The van der Waals surface area contributed by atoms with Crippen LogP contribution in [-0.4, -0.2) is 15.8 Å². The van der Waals surface area contributed by atoms with Crippen LogP contribution in [0, 0.1) is 5.82 Å². The molecule has 0 spiro atoms. The lowest BCUT2D eigenvalue weighted by Gasteiger charge is -2.02. The predicted octanol–water partition coefficient (Wildman–Crippen LogP) is 2.55. The van der Waals surface area contributed by atoms with Crippen molar-refractivity contribution in [2.45, 2.75) is 6.42 Å². The topological polar surface area (TPSA) is 62.8 Å². The number of H-pyrrole nitrogens is 1. The van der Waals surface area contributed by atoms with Gasteiger partial charge < -0.3 is 4.98 Å². The summed E-state index contributed by atoms with van der Waals surface area (Å²) in [5, 5.41) is 1.76. The number of fused-ring (bicyclic) bond motifs is 1. The molecular formula is C14H9FN2O2S. The number of nitrogens with zero attached hydrogens (tertiary/aromatic N) is 1. The highest BCUT2D eigenvalue weighted by Gasteiger charge is 2.14. The minimum Gasteiger partial charge on any atom is -0.309 e. The Hall–Kier alpha value is -2.34. The molecule has 0 unspecified atom stereocenters. The summed E-state index contributed by atoms with van der Waals surface area (Å²) in [5.74, 6) is -0.744. The number of carbonyl (C=O) groups is 1. The van der Waals surface area contributed by atoms with E-state index in [0.717, 1.165) is 0 Å². The maximum Gasteiger partial charge on any atom is 0.268 e. The first kappa shape index (κ1) is 12.7. The number of ketones is 1. The first-order valence-electron chi connectivity index (χ1n) is 5.89. The molecule has 20 heavy (non-hydrogen) atoms. The Morgan fingerprint density at radius 3 is 2.90 bits per heavy atom. The third-order valence-corrected chi connectivity index (χ3v) is 3.77. The highest BCUT2D eigenvalue weighted by atomic mass is 32.1. The zero-order valence-electron chi connectivity index (χ0n) is 10.2. The number of aromatic amines is 1. The Bertz CT molecular complexity index is 854. The molecule has 0 bridgehead atoms. The van der Waals surface area contributed by atoms with Gasteiger partial charge in [-0.2, -0.15) is 0 Å². The molecule has 1 N–H and O–H groups in total. The number of thiophene rings is 1. The van der Waals surface area contributed by atoms with Gasteiger partial charge >= 0.3 is 0 Å². The molecular weight excluding hydrogens is 279 g/mol. The summed E-state index contributed by atoms with van der Waals surface area (Å²) < 4.78 is 14.0. The van der Waals surface area contributed by atoms with Gasteiger partial charge in [0.1, 0.15) is 16.3 Å². The van der Waals surface area contributed by atoms with Gasteiger partial charge in [0.2, 0.25) is 0 Å². The van der Waals surface area contributed by atoms with Crippen LogP contribution in [0.15, 0.2) is 40.5 Å². The minimum atomic E-state index is -0.573. The van der Waals surface area contributed by atoms with E-state index in [0.29, 0.717) is 10.2 Å². The molecule has 1 aromatic carbocycles. The number of rotatable bonds is 3. The first-order valence-corrected chi connectivity index (χ1v) is 6.77. The van der Waals surface area contributed by atoms with Crippen molar-refractivity contribution in [1.82, 2.24) is 9.97 Å². The molecule has 0 radical (unpaired) electrons. The third kappa shape index (κ3) is 2.25. The summed E-state index contributed by atoms with van der Waals surface area (Å²) in [6.07, 6.45) is -0.137. The van der Waals surface area contributed by atoms with E-state index in [1.807, 2.05) is 0 Å². The van der Waals surface area contributed by atoms with E-state index in [2.05, 4.69) is 9.97 Å². The maximum absolute atomic E-state index is 13.5. The van der Waals surface area contributed by atoms with Crippen LogP contribution in [0.2, 0.25) is 0 Å². The molecule has 2 heterocycles. The zero-order chi connectivity index (χ0) is 14.1. The predicted molar refractivity (Wildman–Crippen MR) is 74.7 cm³/mol. The molecule has 3 aromatic rings. The van der Waals surface area contributed by atoms with E-state index in [-0.39, 0.29) is 23.4 Å². The summed E-state index contributed by atoms with van der Waals surface area (Å²) in [7, 11) is 0. The van der Waals surface area contributed by atoms with E-state index < -0.39 is 11.6 Å². The molecule has 0 atom stereocenters. The van der Waals surface area contributed by atoms with Crippen LogP contribution in [-0.2, 0) is 6.42 Å². The average molecular weight is 288 g/mol. The van der Waals surface area contributed by atoms with Gasteiger partial charge in [-0.05, 0) is 23.6 Å². The zero-order valence-corrected chi connectivity index (χ0v) is 11.0. The number of aromatic nitrogens is 2. The lowest BCUT2D eigenvalue weighted by Crippen LogP contribution is -2.15. The minimum absolute atomic E-state index is 0.000523. The second kappa shape index (κ2) is 4.97. The Morgan fingerprint density at radius 2 is 2.10 bits per heavy atom. The number of Topliss-reactive ketones (excluding diaryl/α,β-unsaturated/α-hetero) is 1. The molecule has 0 aliphatic rings. The molecule has 0 aliphatic heterocycles. The Balaban J connectivity index is 1.95. The molecule has 0 saturated carbocycles. The Morgan fingerprint density at radius 1 is 1.30 bits per heavy atom. The lowest BCUT2D eigenvalue weighted by atomic mass is 10.1. The molecule has 0 fully saturated rings. The van der Waals surface area contributed by atoms with E-state index in [1.165, 1.54) is 29.5 Å². The van der Waals surface area contributed by atoms with Crippen molar-refractivity contribution < 1.29 is 9.18 Å². The highest BCUT2D eigenvalue weighted by molar-refractivity contribution is 7.17. The molecule has 4 nitrogen and oxygen atoms in total. The summed E-state index contributed by atoms with van der Waals surface area (Å²) in [5.41, 5.74) is 0.275. The van der Waals surface area contributed by atoms with Gasteiger partial charge in [-0.3, -0.25) is 9.59 Å². The molecule has 0 saturated heterocycles. The van der Waals surface area contributed by atoms with E-state index in [4.69, 9.17) is 0 Å². The number of carbonyl (C=O) groups excluding carboxylic acids is 1. The fourth-order valence-electron chi connectivity index (χ4n) is 1.94. The van der Waals surface area contributed by atoms with Crippen LogP contribution in [0.5, 0.6) is 0 Å². The van der Waals surface area contributed by atoms with Gasteiger partial charge in [0, 0.05) is 0 Å². The van der Waals surface area contributed by atoms with Crippen LogP contribution in [0.4, 0.5) is 4.39 Å². The Kier molecular flexibility index (Phi) is 3.15. The number of hydrogen-bond donors (Lipinski definition) is 1. The second-order valence-corrected chi connectivity index (χ2v) is 5.14. The number of nitrogens with one attached hydrogen (secondary N) is 1. The summed E-state index contributed by atoms with van der Waals surface area (Å²) in [4.78, 5) is 30.6. The van der Waals surface area contributed by atoms with Crippen molar-refractivity contribution >= 4 is 27.3 Å². The van der Waals surface area contributed by atoms with Crippen molar-refractivity contribution in [2.24, 2.45) is 0 Å². The normalized spacial score (nSPS) is 10.8. The Labute approximate surface area is 116 Å². The quantitative estimate of drug-likeness (QED) is 0.753. The third-order valence-electron chi connectivity index (χ3n) is 2.87. The molecule has 100 valence electrons. The highest BCUT2D eigenvalue weighted by Crippen LogP contribution is 2.15. The van der Waals surface area contributed by atoms with Crippen molar-refractivity contribution in [2.75, 3.05) is 0 Å². The number of hydrogen-bond acceptors (Lipinski definition) is 4. The van der Waals surface area contributed by atoms with Gasteiger partial charge in [0.25, 0.3) is 5.56 Å². The molecule has 6 heteroatoms. The van der Waals surface area contributed by atoms with Gasteiger partial charge in [-0.25, -0.2) is 9.37 Å². The second-order valence-electron chi connectivity index (χ2n) is 4.23. The van der Waals surface area contributed by atoms with E-state index in [9.17, 15) is 14.0 Å². The lowest BCUT2D eigenvalue weighted by molar-refractivity contribution is 0.0987. The monoisotopic (exact) mass is 288 g/mol. The van der Waals surface area contributed by atoms with Gasteiger partial charge in [-0.15, -0.1) is 11.3 Å². The van der Waals surface area contributed by atoms with Crippen LogP contribution >= 0.6 is 11.3 Å². The van der Waals surface area contributed by atoms with Gasteiger partial charge in [-0.1, -0.05) is 12.1 Å². The van der Waals surface area contributed by atoms with Crippen LogP contribution < -0.4 is 5.56 Å². The summed E-state index contributed by atoms with van der Waals surface area (Å²) in [6.45, 7) is 0. The SMILES string of the molecule is O=C(Cc1nc2ccsc2c(=O)[nH]1)c1ccccc1F.